The van der Waals surface area contributed by atoms with Crippen molar-refractivity contribution in [2.24, 2.45) is 0 Å². The summed E-state index contributed by atoms with van der Waals surface area (Å²) in [5.74, 6) is -0.548. The maximum atomic E-state index is 12.4. The number of hydrogen-bond acceptors (Lipinski definition) is 5. The second-order valence-corrected chi connectivity index (χ2v) is 5.33. The van der Waals surface area contributed by atoms with Crippen molar-refractivity contribution >= 4 is 13.6 Å². The van der Waals surface area contributed by atoms with Gasteiger partial charge in [-0.15, -0.1) is 0 Å². The molecule has 0 aromatic rings. The van der Waals surface area contributed by atoms with Crippen molar-refractivity contribution in [3.05, 3.63) is 11.4 Å². The van der Waals surface area contributed by atoms with Gasteiger partial charge in [-0.05, 0) is 20.3 Å². The van der Waals surface area contributed by atoms with Gasteiger partial charge in [-0.3, -0.25) is 4.57 Å². The Bertz CT molecular complexity index is 301. The predicted molar refractivity (Wildman–Crippen MR) is 65.9 cm³/mol. The molecule has 0 spiro atoms. The van der Waals surface area contributed by atoms with Gasteiger partial charge in [0.25, 0.3) is 0 Å². The first-order valence-electron chi connectivity index (χ1n) is 5.72. The van der Waals surface area contributed by atoms with Gasteiger partial charge in [-0.2, -0.15) is 0 Å². The SMILES string of the molecule is CCC/C(=C\C(=O)OC)P(=O)(OCC)OCC. The minimum Gasteiger partial charge on any atom is -0.466 e. The molecule has 6 heteroatoms. The summed E-state index contributed by atoms with van der Waals surface area (Å²) in [6.45, 7) is 5.91. The van der Waals surface area contributed by atoms with E-state index >= 15 is 0 Å². The first-order valence-corrected chi connectivity index (χ1v) is 7.26. The number of ether oxygens (including phenoxy) is 1. The van der Waals surface area contributed by atoms with Crippen LogP contribution < -0.4 is 0 Å². The number of carbonyl (C=O) groups excluding carboxylic acids is 1. The van der Waals surface area contributed by atoms with Gasteiger partial charge in [-0.25, -0.2) is 4.79 Å². The van der Waals surface area contributed by atoms with Crippen LogP contribution in [0.5, 0.6) is 0 Å². The fourth-order valence-corrected chi connectivity index (χ4v) is 3.13. The third-order valence-electron chi connectivity index (χ3n) is 1.94. The van der Waals surface area contributed by atoms with Gasteiger partial charge in [-0.1, -0.05) is 13.3 Å². The van der Waals surface area contributed by atoms with Crippen molar-refractivity contribution in [1.29, 1.82) is 0 Å². The van der Waals surface area contributed by atoms with Crippen molar-refractivity contribution in [3.63, 3.8) is 0 Å². The molecule has 0 aromatic heterocycles. The molecule has 0 heterocycles. The molecule has 0 saturated carbocycles. The predicted octanol–water partition coefficient (Wildman–Crippen LogP) is 3.11. The largest absolute Gasteiger partial charge is 0.466 e. The molecule has 0 fully saturated rings. The molecule has 17 heavy (non-hydrogen) atoms. The Morgan fingerprint density at radius 2 is 1.71 bits per heavy atom. The van der Waals surface area contributed by atoms with Crippen LogP contribution in [0.15, 0.2) is 11.4 Å². The number of esters is 1. The molecule has 0 N–H and O–H groups in total. The molecule has 0 aliphatic heterocycles. The molecule has 0 aliphatic carbocycles. The van der Waals surface area contributed by atoms with Gasteiger partial charge < -0.3 is 13.8 Å². The standard InChI is InChI=1S/C11H21O5P/c1-5-8-10(9-11(12)14-4)17(13,15-6-2)16-7-3/h9H,5-8H2,1-4H3/b10-9+. The summed E-state index contributed by atoms with van der Waals surface area (Å²) in [6, 6.07) is 0. The molecule has 0 saturated heterocycles. The molecule has 0 bridgehead atoms. The molecule has 0 aromatic carbocycles. The number of hydrogen-bond donors (Lipinski definition) is 0. The highest BCUT2D eigenvalue weighted by Gasteiger charge is 2.29. The van der Waals surface area contributed by atoms with Gasteiger partial charge in [0.15, 0.2) is 0 Å². The molecule has 0 radical (unpaired) electrons. The van der Waals surface area contributed by atoms with Crippen LogP contribution in [0.3, 0.4) is 0 Å². The molecular weight excluding hydrogens is 243 g/mol. The van der Waals surface area contributed by atoms with Crippen LogP contribution in [0.1, 0.15) is 33.6 Å². The maximum Gasteiger partial charge on any atom is 0.357 e. The summed E-state index contributed by atoms with van der Waals surface area (Å²) in [4.78, 5) is 11.2. The van der Waals surface area contributed by atoms with Crippen molar-refractivity contribution < 1.29 is 23.1 Å². The minimum atomic E-state index is -3.35. The highest BCUT2D eigenvalue weighted by atomic mass is 31.2. The fraction of sp³-hybridized carbons (Fsp3) is 0.727. The Kier molecular flexibility index (Phi) is 8.13. The van der Waals surface area contributed by atoms with Gasteiger partial charge in [0.1, 0.15) is 0 Å². The topological polar surface area (TPSA) is 61.8 Å². The van der Waals surface area contributed by atoms with E-state index in [9.17, 15) is 9.36 Å². The second-order valence-electron chi connectivity index (χ2n) is 3.24. The lowest BCUT2D eigenvalue weighted by atomic mass is 10.3. The lowest BCUT2D eigenvalue weighted by Gasteiger charge is -2.19. The van der Waals surface area contributed by atoms with Crippen molar-refractivity contribution in [2.45, 2.75) is 33.6 Å². The Morgan fingerprint density at radius 1 is 1.18 bits per heavy atom. The third-order valence-corrected chi connectivity index (χ3v) is 4.19. The fourth-order valence-electron chi connectivity index (χ4n) is 1.28. The van der Waals surface area contributed by atoms with E-state index in [1.54, 1.807) is 13.8 Å². The van der Waals surface area contributed by atoms with Crippen LogP contribution >= 0.6 is 7.60 Å². The second kappa shape index (κ2) is 8.45. The van der Waals surface area contributed by atoms with Crippen molar-refractivity contribution in [3.8, 4) is 0 Å². The maximum absolute atomic E-state index is 12.4. The van der Waals surface area contributed by atoms with Crippen LogP contribution in [0.4, 0.5) is 0 Å². The summed E-state index contributed by atoms with van der Waals surface area (Å²) in [7, 11) is -2.08. The minimum absolute atomic E-state index is 0.263. The monoisotopic (exact) mass is 264 g/mol. The van der Waals surface area contributed by atoms with E-state index in [-0.39, 0.29) is 13.2 Å². The van der Waals surface area contributed by atoms with E-state index in [0.29, 0.717) is 11.7 Å². The molecule has 0 aliphatic rings. The van der Waals surface area contributed by atoms with Gasteiger partial charge >= 0.3 is 13.6 Å². The van der Waals surface area contributed by atoms with E-state index in [1.165, 1.54) is 13.2 Å². The molecule has 0 atom stereocenters. The Hall–Kier alpha value is -0.640. The number of rotatable bonds is 8. The van der Waals surface area contributed by atoms with Crippen LogP contribution in [-0.4, -0.2) is 26.3 Å². The van der Waals surface area contributed by atoms with Crippen molar-refractivity contribution in [1.82, 2.24) is 0 Å². The molecule has 0 unspecified atom stereocenters. The molecular formula is C11H21O5P. The van der Waals surface area contributed by atoms with Crippen LogP contribution in [0.25, 0.3) is 0 Å². The quantitative estimate of drug-likeness (QED) is 0.383. The molecule has 0 amide bonds. The summed E-state index contributed by atoms with van der Waals surface area (Å²) in [6.07, 6.45) is 2.43. The van der Waals surface area contributed by atoms with Crippen LogP contribution in [-0.2, 0) is 23.1 Å². The summed E-state index contributed by atoms with van der Waals surface area (Å²) in [5.41, 5.74) is 0. The molecule has 100 valence electrons. The van der Waals surface area contributed by atoms with E-state index in [1.807, 2.05) is 6.92 Å². The summed E-state index contributed by atoms with van der Waals surface area (Å²) in [5, 5.41) is 0.371. The number of carbonyl (C=O) groups is 1. The van der Waals surface area contributed by atoms with E-state index in [2.05, 4.69) is 4.74 Å². The normalized spacial score (nSPS) is 12.6. The zero-order chi connectivity index (χ0) is 13.3. The summed E-state index contributed by atoms with van der Waals surface area (Å²) >= 11 is 0. The van der Waals surface area contributed by atoms with Gasteiger partial charge in [0.05, 0.1) is 20.3 Å². The summed E-state index contributed by atoms with van der Waals surface area (Å²) < 4.78 is 27.3. The van der Waals surface area contributed by atoms with Crippen LogP contribution in [0.2, 0.25) is 0 Å². The lowest BCUT2D eigenvalue weighted by Crippen LogP contribution is -2.03. The van der Waals surface area contributed by atoms with E-state index in [4.69, 9.17) is 9.05 Å². The highest BCUT2D eigenvalue weighted by molar-refractivity contribution is 7.58. The average Bonchev–Trinajstić information content (AvgIpc) is 2.29. The Morgan fingerprint density at radius 3 is 2.06 bits per heavy atom. The first kappa shape index (κ1) is 16.4. The Labute approximate surface area is 103 Å². The van der Waals surface area contributed by atoms with E-state index < -0.39 is 13.6 Å². The first-order chi connectivity index (χ1) is 8.03. The smallest absolute Gasteiger partial charge is 0.357 e. The average molecular weight is 264 g/mol. The van der Waals surface area contributed by atoms with Gasteiger partial charge in [0, 0.05) is 11.4 Å². The highest BCUT2D eigenvalue weighted by Crippen LogP contribution is 2.57. The van der Waals surface area contributed by atoms with Gasteiger partial charge in [0.2, 0.25) is 0 Å². The van der Waals surface area contributed by atoms with E-state index in [0.717, 1.165) is 6.42 Å². The third kappa shape index (κ3) is 5.48. The Balaban J connectivity index is 5.15. The zero-order valence-corrected chi connectivity index (χ0v) is 11.8. The lowest BCUT2D eigenvalue weighted by molar-refractivity contribution is -0.134. The number of methoxy groups -OCH3 is 1. The molecule has 0 rings (SSSR count). The number of allylic oxidation sites excluding steroid dienone is 1. The zero-order valence-electron chi connectivity index (χ0n) is 10.9. The van der Waals surface area contributed by atoms with Crippen molar-refractivity contribution in [2.75, 3.05) is 20.3 Å². The molecule has 5 nitrogen and oxygen atoms in total. The van der Waals surface area contributed by atoms with Crippen LogP contribution in [0, 0.1) is 0 Å².